The van der Waals surface area contributed by atoms with E-state index in [1.54, 1.807) is 29.2 Å². The second-order valence-electron chi connectivity index (χ2n) is 10.7. The Bertz CT molecular complexity index is 1500. The SMILES string of the molecule is O=C(CCN(C[C@H]1CCCN1)C(=O)c1ccc(-c2ccc(C(F)(F)F)cc2)cc1)OCc1ccc(-c2ccccc2)cc1. The normalized spacial score (nSPS) is 14.8. The Morgan fingerprint density at radius 1 is 0.791 bits per heavy atom. The van der Waals surface area contributed by atoms with E-state index in [0.29, 0.717) is 23.2 Å². The molecule has 4 aromatic carbocycles. The lowest BCUT2D eigenvalue weighted by atomic mass is 10.0. The second-order valence-corrected chi connectivity index (χ2v) is 10.7. The second kappa shape index (κ2) is 13.7. The number of rotatable bonds is 10. The summed E-state index contributed by atoms with van der Waals surface area (Å²) in [4.78, 5) is 27.8. The fourth-order valence-corrected chi connectivity index (χ4v) is 5.18. The first-order chi connectivity index (χ1) is 20.8. The highest BCUT2D eigenvalue weighted by atomic mass is 19.4. The third-order valence-electron chi connectivity index (χ3n) is 7.61. The average molecular weight is 587 g/mol. The predicted molar refractivity (Wildman–Crippen MR) is 160 cm³/mol. The summed E-state index contributed by atoms with van der Waals surface area (Å²) >= 11 is 0. The third-order valence-corrected chi connectivity index (χ3v) is 7.61. The van der Waals surface area contributed by atoms with Gasteiger partial charge in [-0.25, -0.2) is 0 Å². The molecular weight excluding hydrogens is 553 g/mol. The summed E-state index contributed by atoms with van der Waals surface area (Å²) in [5.41, 5.74) is 4.13. The van der Waals surface area contributed by atoms with Gasteiger partial charge in [-0.15, -0.1) is 0 Å². The number of alkyl halides is 3. The van der Waals surface area contributed by atoms with Gasteiger partial charge in [0.2, 0.25) is 0 Å². The molecular formula is C35H33F3N2O3. The van der Waals surface area contributed by atoms with Crippen molar-refractivity contribution in [3.05, 3.63) is 120 Å². The van der Waals surface area contributed by atoms with Gasteiger partial charge in [-0.2, -0.15) is 13.2 Å². The maximum atomic E-state index is 13.5. The van der Waals surface area contributed by atoms with E-state index in [9.17, 15) is 22.8 Å². The van der Waals surface area contributed by atoms with Crippen LogP contribution in [0.15, 0.2) is 103 Å². The fourth-order valence-electron chi connectivity index (χ4n) is 5.18. The van der Waals surface area contributed by atoms with Gasteiger partial charge >= 0.3 is 12.1 Å². The Hall–Kier alpha value is -4.43. The number of benzene rings is 4. The Morgan fingerprint density at radius 3 is 1.95 bits per heavy atom. The summed E-state index contributed by atoms with van der Waals surface area (Å²) in [6.45, 7) is 1.72. The summed E-state index contributed by atoms with van der Waals surface area (Å²) in [5, 5.41) is 3.40. The maximum Gasteiger partial charge on any atom is 0.416 e. The van der Waals surface area contributed by atoms with Crippen LogP contribution in [0.5, 0.6) is 0 Å². The molecule has 8 heteroatoms. The number of ether oxygens (including phenoxy) is 1. The molecule has 0 bridgehead atoms. The number of halogens is 3. The third kappa shape index (κ3) is 8.11. The van der Waals surface area contributed by atoms with Gasteiger partial charge in [-0.05, 0) is 71.5 Å². The summed E-state index contributed by atoms with van der Waals surface area (Å²) in [6, 6.07) is 29.7. The quantitative estimate of drug-likeness (QED) is 0.197. The van der Waals surface area contributed by atoms with Crippen molar-refractivity contribution in [1.29, 1.82) is 0 Å². The molecule has 0 spiro atoms. The van der Waals surface area contributed by atoms with Crippen LogP contribution in [-0.2, 0) is 22.3 Å². The Labute approximate surface area is 249 Å². The molecule has 1 fully saturated rings. The zero-order valence-corrected chi connectivity index (χ0v) is 23.6. The van der Waals surface area contributed by atoms with Gasteiger partial charge in [-0.1, -0.05) is 78.9 Å². The highest BCUT2D eigenvalue weighted by Gasteiger charge is 2.30. The van der Waals surface area contributed by atoms with Gasteiger partial charge in [0.05, 0.1) is 12.0 Å². The monoisotopic (exact) mass is 586 g/mol. The van der Waals surface area contributed by atoms with Crippen LogP contribution in [0.25, 0.3) is 22.3 Å². The first-order valence-corrected chi connectivity index (χ1v) is 14.4. The van der Waals surface area contributed by atoms with Gasteiger partial charge in [0.1, 0.15) is 6.61 Å². The topological polar surface area (TPSA) is 58.6 Å². The van der Waals surface area contributed by atoms with Crippen LogP contribution in [-0.4, -0.2) is 42.5 Å². The van der Waals surface area contributed by atoms with Crippen molar-refractivity contribution in [2.24, 2.45) is 0 Å². The molecule has 222 valence electrons. The van der Waals surface area contributed by atoms with Crippen LogP contribution in [0.1, 0.15) is 40.7 Å². The highest BCUT2D eigenvalue weighted by molar-refractivity contribution is 5.95. The number of hydrogen-bond acceptors (Lipinski definition) is 4. The predicted octanol–water partition coefficient (Wildman–Crippen LogP) is 7.37. The van der Waals surface area contributed by atoms with Gasteiger partial charge in [0, 0.05) is 24.7 Å². The molecule has 4 aromatic rings. The molecule has 1 heterocycles. The van der Waals surface area contributed by atoms with Crippen molar-refractivity contribution in [3.8, 4) is 22.3 Å². The van der Waals surface area contributed by atoms with Crippen LogP contribution >= 0.6 is 0 Å². The number of amides is 1. The smallest absolute Gasteiger partial charge is 0.416 e. The molecule has 1 aliphatic rings. The first kappa shape index (κ1) is 30.0. The molecule has 5 nitrogen and oxygen atoms in total. The van der Waals surface area contributed by atoms with E-state index >= 15 is 0 Å². The summed E-state index contributed by atoms with van der Waals surface area (Å²) < 4.78 is 44.2. The van der Waals surface area contributed by atoms with Crippen LogP contribution in [0, 0.1) is 0 Å². The van der Waals surface area contributed by atoms with Gasteiger partial charge in [-0.3, -0.25) is 9.59 Å². The lowest BCUT2D eigenvalue weighted by Crippen LogP contribution is -2.42. The summed E-state index contributed by atoms with van der Waals surface area (Å²) in [6.07, 6.45) is -2.36. The molecule has 1 amide bonds. The molecule has 1 atom stereocenters. The van der Waals surface area contributed by atoms with Crippen molar-refractivity contribution in [2.75, 3.05) is 19.6 Å². The molecule has 0 aliphatic carbocycles. The average Bonchev–Trinajstić information content (AvgIpc) is 3.55. The Kier molecular flexibility index (Phi) is 9.57. The molecule has 0 saturated carbocycles. The van der Waals surface area contributed by atoms with Crippen LogP contribution < -0.4 is 5.32 Å². The molecule has 5 rings (SSSR count). The lowest BCUT2D eigenvalue weighted by molar-refractivity contribution is -0.145. The van der Waals surface area contributed by atoms with Crippen molar-refractivity contribution >= 4 is 11.9 Å². The first-order valence-electron chi connectivity index (χ1n) is 14.4. The zero-order chi connectivity index (χ0) is 30.2. The number of carbonyl (C=O) groups excluding carboxylic acids is 2. The minimum atomic E-state index is -4.40. The van der Waals surface area contributed by atoms with Gasteiger partial charge in [0.15, 0.2) is 0 Å². The lowest BCUT2D eigenvalue weighted by Gasteiger charge is -2.26. The molecule has 0 radical (unpaired) electrons. The van der Waals surface area contributed by atoms with E-state index in [1.807, 2.05) is 54.6 Å². The Balaban J connectivity index is 1.18. The fraction of sp³-hybridized carbons (Fsp3) is 0.257. The maximum absolute atomic E-state index is 13.5. The van der Waals surface area contributed by atoms with Crippen LogP contribution in [0.2, 0.25) is 0 Å². The highest BCUT2D eigenvalue weighted by Crippen LogP contribution is 2.31. The zero-order valence-electron chi connectivity index (χ0n) is 23.6. The van der Waals surface area contributed by atoms with Crippen molar-refractivity contribution in [3.63, 3.8) is 0 Å². The van der Waals surface area contributed by atoms with Gasteiger partial charge in [0.25, 0.3) is 5.91 Å². The largest absolute Gasteiger partial charge is 0.461 e. The molecule has 0 unspecified atom stereocenters. The number of hydrogen-bond donors (Lipinski definition) is 1. The van der Waals surface area contributed by atoms with Crippen LogP contribution in [0.4, 0.5) is 13.2 Å². The van der Waals surface area contributed by atoms with E-state index in [1.165, 1.54) is 12.1 Å². The van der Waals surface area contributed by atoms with E-state index in [-0.39, 0.29) is 37.5 Å². The Morgan fingerprint density at radius 2 is 1.37 bits per heavy atom. The number of carbonyl (C=O) groups is 2. The van der Waals surface area contributed by atoms with E-state index < -0.39 is 11.7 Å². The molecule has 1 N–H and O–H groups in total. The minimum absolute atomic E-state index is 0.0597. The summed E-state index contributed by atoms with van der Waals surface area (Å²) in [5.74, 6) is -0.598. The standard InChI is InChI=1S/C35H33F3N2O3/c36-35(37,38)31-18-16-29(17-19-31)28-12-14-30(15-13-28)34(42)40(23-32-7-4-21-39-32)22-20-33(41)43-24-25-8-10-27(11-9-25)26-5-2-1-3-6-26/h1-3,5-6,8-19,32,39H,4,7,20-24H2/t32-/m1/s1. The number of nitrogens with one attached hydrogen (secondary N) is 1. The van der Waals surface area contributed by atoms with E-state index in [0.717, 1.165) is 48.2 Å². The minimum Gasteiger partial charge on any atom is -0.461 e. The van der Waals surface area contributed by atoms with Gasteiger partial charge < -0.3 is 15.0 Å². The molecule has 1 saturated heterocycles. The van der Waals surface area contributed by atoms with Crippen LogP contribution in [0.3, 0.4) is 0 Å². The van der Waals surface area contributed by atoms with Crippen molar-refractivity contribution < 1.29 is 27.5 Å². The molecule has 43 heavy (non-hydrogen) atoms. The van der Waals surface area contributed by atoms with E-state index in [2.05, 4.69) is 5.32 Å². The molecule has 1 aliphatic heterocycles. The number of nitrogens with zero attached hydrogens (tertiary/aromatic N) is 1. The van der Waals surface area contributed by atoms with E-state index in [4.69, 9.17) is 4.74 Å². The summed E-state index contributed by atoms with van der Waals surface area (Å²) in [7, 11) is 0. The molecule has 0 aromatic heterocycles. The van der Waals surface area contributed by atoms with Crippen molar-refractivity contribution in [1.82, 2.24) is 10.2 Å². The van der Waals surface area contributed by atoms with Crippen molar-refractivity contribution in [2.45, 2.75) is 38.1 Å². The number of esters is 1.